The first-order valence-corrected chi connectivity index (χ1v) is 13.3. The van der Waals surface area contributed by atoms with Gasteiger partial charge in [-0.3, -0.25) is 4.79 Å². The lowest BCUT2D eigenvalue weighted by atomic mass is 9.79. The van der Waals surface area contributed by atoms with E-state index in [1.54, 1.807) is 25.1 Å². The molecule has 0 aromatic heterocycles. The Morgan fingerprint density at radius 2 is 2.12 bits per heavy atom. The number of sulfonamides is 1. The smallest absolute Gasteiger partial charge is 0.353 e. The lowest BCUT2D eigenvalue weighted by molar-refractivity contribution is -0.163. The molecule has 2 saturated heterocycles. The molecule has 1 amide bonds. The zero-order valence-electron chi connectivity index (χ0n) is 18.7. The maximum atomic E-state index is 12.6. The monoisotopic (exact) mass is 495 g/mol. The van der Waals surface area contributed by atoms with Crippen molar-refractivity contribution in [3.63, 3.8) is 0 Å². The van der Waals surface area contributed by atoms with Gasteiger partial charge in [0.05, 0.1) is 23.0 Å². The van der Waals surface area contributed by atoms with Gasteiger partial charge in [-0.05, 0) is 38.0 Å². The quantitative estimate of drug-likeness (QED) is 0.391. The van der Waals surface area contributed by atoms with Crippen molar-refractivity contribution in [2.75, 3.05) is 13.1 Å². The molecule has 3 heterocycles. The van der Waals surface area contributed by atoms with Crippen molar-refractivity contribution in [3.8, 4) is 0 Å². The number of fused-ring (bicyclic) bond motifs is 1. The van der Waals surface area contributed by atoms with E-state index in [2.05, 4.69) is 10.0 Å². The number of carbonyl (C=O) groups is 2. The summed E-state index contributed by atoms with van der Waals surface area (Å²) in [5, 5.41) is 23.1. The molecule has 0 spiro atoms. The number of benzene rings is 1. The molecule has 6 atom stereocenters. The first-order valence-electron chi connectivity index (χ1n) is 11.0. The van der Waals surface area contributed by atoms with E-state index in [4.69, 9.17) is 0 Å². The van der Waals surface area contributed by atoms with Crippen molar-refractivity contribution >= 4 is 33.7 Å². The van der Waals surface area contributed by atoms with Crippen LogP contribution >= 0.6 is 11.8 Å². The minimum atomic E-state index is -3.62. The van der Waals surface area contributed by atoms with Crippen molar-refractivity contribution in [2.45, 2.75) is 55.5 Å². The van der Waals surface area contributed by atoms with Gasteiger partial charge in [-0.2, -0.15) is 0 Å². The highest BCUT2D eigenvalue weighted by molar-refractivity contribution is 8.03. The molecule has 2 unspecified atom stereocenters. The maximum absolute atomic E-state index is 12.6. The van der Waals surface area contributed by atoms with Gasteiger partial charge >= 0.3 is 5.97 Å². The third kappa shape index (κ3) is 4.44. The molecular formula is C22H29N3O6S2. The summed E-state index contributed by atoms with van der Waals surface area (Å²) in [6.45, 7) is 6.12. The van der Waals surface area contributed by atoms with E-state index in [0.717, 1.165) is 5.56 Å². The molecule has 0 radical (unpaired) electrons. The Balaban J connectivity index is 1.40. The van der Waals surface area contributed by atoms with Crippen LogP contribution in [-0.2, 0) is 19.6 Å². The lowest BCUT2D eigenvalue weighted by Crippen LogP contribution is -2.63. The summed E-state index contributed by atoms with van der Waals surface area (Å²) in [7, 11) is -3.62. The molecule has 3 aliphatic heterocycles. The van der Waals surface area contributed by atoms with Crippen LogP contribution in [0.25, 0.3) is 0 Å². The van der Waals surface area contributed by atoms with Gasteiger partial charge < -0.3 is 20.4 Å². The molecule has 11 heteroatoms. The number of carbonyl (C=O) groups excluding carboxylic acids is 1. The summed E-state index contributed by atoms with van der Waals surface area (Å²) >= 11 is 1.44. The van der Waals surface area contributed by atoms with E-state index in [1.807, 2.05) is 19.9 Å². The normalized spacial score (nSPS) is 30.4. The van der Waals surface area contributed by atoms with Gasteiger partial charge in [0.1, 0.15) is 5.70 Å². The van der Waals surface area contributed by atoms with Gasteiger partial charge in [0.25, 0.3) is 0 Å². The zero-order chi connectivity index (χ0) is 24.1. The Hall–Kier alpha value is -1.92. The molecule has 4 rings (SSSR count). The van der Waals surface area contributed by atoms with Crippen LogP contribution in [0.5, 0.6) is 0 Å². The van der Waals surface area contributed by atoms with Crippen molar-refractivity contribution in [1.82, 2.24) is 14.9 Å². The van der Waals surface area contributed by atoms with Crippen molar-refractivity contribution in [3.05, 3.63) is 40.4 Å². The van der Waals surface area contributed by atoms with Crippen molar-refractivity contribution in [2.24, 2.45) is 11.8 Å². The van der Waals surface area contributed by atoms with Gasteiger partial charge in [-0.1, -0.05) is 19.1 Å². The summed E-state index contributed by atoms with van der Waals surface area (Å²) in [5.41, 5.74) is 0.880. The van der Waals surface area contributed by atoms with Crippen LogP contribution in [0.4, 0.5) is 0 Å². The van der Waals surface area contributed by atoms with E-state index >= 15 is 0 Å². The molecule has 3 aliphatic rings. The molecule has 1 aromatic carbocycles. The summed E-state index contributed by atoms with van der Waals surface area (Å²) in [5.74, 6) is -2.25. The number of aryl methyl sites for hydroxylation is 1. The second kappa shape index (κ2) is 9.03. The fourth-order valence-corrected chi connectivity index (χ4v) is 7.67. The topological polar surface area (TPSA) is 136 Å². The molecule has 0 aliphatic carbocycles. The number of hydrogen-bond donors (Lipinski definition) is 4. The molecule has 0 bridgehead atoms. The van der Waals surface area contributed by atoms with Crippen molar-refractivity contribution in [1.29, 1.82) is 0 Å². The number of carboxylic acid groups (broad SMARTS) is 1. The second-order valence-electron chi connectivity index (χ2n) is 9.02. The standard InChI is InChI=1S/C22H29N3O6S2/c1-11-5-4-6-16(7-11)33(30,31)24-9-14-8-15(10-23-14)32-20-12(2)18-17(13(3)26)21(27)25(18)19(20)22(28)29/h4-7,12-15,17-18,23-24,26H,8-10H2,1-3H3,(H,28,29)/t12-,13-,14+,15-,17?,18?/m1/s1. The fourth-order valence-electron chi connectivity index (χ4n) is 4.96. The molecule has 4 N–H and O–H groups in total. The molecule has 180 valence electrons. The number of carboxylic acids is 1. The predicted octanol–water partition coefficient (Wildman–Crippen LogP) is 0.891. The van der Waals surface area contributed by atoms with E-state index in [0.29, 0.717) is 17.9 Å². The van der Waals surface area contributed by atoms with Crippen LogP contribution in [0.3, 0.4) is 0 Å². The van der Waals surface area contributed by atoms with Gasteiger partial charge in [0.15, 0.2) is 0 Å². The average molecular weight is 496 g/mol. The third-order valence-electron chi connectivity index (χ3n) is 6.61. The molecule has 1 aromatic rings. The Labute approximate surface area is 197 Å². The predicted molar refractivity (Wildman–Crippen MR) is 124 cm³/mol. The van der Waals surface area contributed by atoms with Gasteiger partial charge in [0.2, 0.25) is 15.9 Å². The average Bonchev–Trinajstić information content (AvgIpc) is 3.28. The highest BCUT2D eigenvalue weighted by Crippen LogP contribution is 2.51. The molecule has 2 fully saturated rings. The van der Waals surface area contributed by atoms with Crippen LogP contribution in [-0.4, -0.2) is 71.9 Å². The number of hydrogen-bond acceptors (Lipinski definition) is 7. The summed E-state index contributed by atoms with van der Waals surface area (Å²) in [6.07, 6.45) is -0.178. The number of nitrogens with zero attached hydrogens (tertiary/aromatic N) is 1. The number of rotatable bonds is 8. The molecular weight excluding hydrogens is 466 g/mol. The number of nitrogens with one attached hydrogen (secondary N) is 2. The number of aliphatic carboxylic acids is 1. The Morgan fingerprint density at radius 3 is 2.76 bits per heavy atom. The number of thioether (sulfide) groups is 1. The Bertz CT molecular complexity index is 1100. The largest absolute Gasteiger partial charge is 0.477 e. The van der Waals surface area contributed by atoms with Crippen LogP contribution < -0.4 is 10.0 Å². The fraction of sp³-hybridized carbons (Fsp3) is 0.545. The summed E-state index contributed by atoms with van der Waals surface area (Å²) < 4.78 is 27.8. The molecule has 0 saturated carbocycles. The van der Waals surface area contributed by atoms with Gasteiger partial charge in [-0.25, -0.2) is 17.9 Å². The first-order chi connectivity index (χ1) is 15.5. The summed E-state index contributed by atoms with van der Waals surface area (Å²) in [6, 6.07) is 6.30. The summed E-state index contributed by atoms with van der Waals surface area (Å²) in [4.78, 5) is 26.6. The van der Waals surface area contributed by atoms with Crippen LogP contribution in [0.15, 0.2) is 39.8 Å². The Kier molecular flexibility index (Phi) is 6.62. The second-order valence-corrected chi connectivity index (χ2v) is 12.1. The van der Waals surface area contributed by atoms with E-state index < -0.39 is 28.0 Å². The van der Waals surface area contributed by atoms with Crippen LogP contribution in [0.2, 0.25) is 0 Å². The number of aliphatic hydroxyl groups is 1. The maximum Gasteiger partial charge on any atom is 0.353 e. The SMILES string of the molecule is Cc1cccc(S(=O)(=O)NC[C@@H]2C[C@@H](SC3=C(C(=O)O)N4C(=O)C([C@@H](C)O)C4[C@H]3C)CN2)c1. The number of β-lactam (4-membered cyclic amide) rings is 1. The van der Waals surface area contributed by atoms with Crippen LogP contribution in [0.1, 0.15) is 25.8 Å². The van der Waals surface area contributed by atoms with E-state index in [9.17, 15) is 28.2 Å². The molecule has 33 heavy (non-hydrogen) atoms. The van der Waals surface area contributed by atoms with Crippen molar-refractivity contribution < 1.29 is 28.2 Å². The lowest BCUT2D eigenvalue weighted by Gasteiger charge is -2.46. The Morgan fingerprint density at radius 1 is 1.39 bits per heavy atom. The number of amides is 1. The third-order valence-corrected chi connectivity index (χ3v) is 9.54. The minimum absolute atomic E-state index is 0.0167. The first kappa shape index (κ1) is 24.2. The van der Waals surface area contributed by atoms with E-state index in [1.165, 1.54) is 16.7 Å². The number of aliphatic hydroxyl groups excluding tert-OH is 1. The minimum Gasteiger partial charge on any atom is -0.477 e. The highest BCUT2D eigenvalue weighted by atomic mass is 32.2. The zero-order valence-corrected chi connectivity index (χ0v) is 20.3. The van der Waals surface area contributed by atoms with Gasteiger partial charge in [-0.15, -0.1) is 11.8 Å². The molecule has 9 nitrogen and oxygen atoms in total. The van der Waals surface area contributed by atoms with E-state index in [-0.39, 0.29) is 46.3 Å². The van der Waals surface area contributed by atoms with Gasteiger partial charge in [0, 0.05) is 35.2 Å². The van der Waals surface area contributed by atoms with Crippen LogP contribution in [0, 0.1) is 18.8 Å². The highest BCUT2D eigenvalue weighted by Gasteiger charge is 2.60.